The molecule has 2 aliphatic rings. The maximum atomic E-state index is 13.3. The fraction of sp³-hybridized carbons (Fsp3) is 0.250. The molecule has 0 fully saturated rings. The van der Waals surface area contributed by atoms with Gasteiger partial charge in [-0.3, -0.25) is 9.69 Å². The summed E-state index contributed by atoms with van der Waals surface area (Å²) in [5, 5.41) is 9.11. The average Bonchev–Trinajstić information content (AvgIpc) is 3.30. The van der Waals surface area contributed by atoms with Gasteiger partial charge in [0.1, 0.15) is 0 Å². The Bertz CT molecular complexity index is 1270. The van der Waals surface area contributed by atoms with Crippen LogP contribution in [0.2, 0.25) is 0 Å². The van der Waals surface area contributed by atoms with Crippen LogP contribution in [0.25, 0.3) is 11.3 Å². The number of carbonyl (C=O) groups excluding carboxylic acids is 1. The number of benzene rings is 2. The molecule has 174 valence electrons. The number of hydrogen-bond donors (Lipinski definition) is 0. The van der Waals surface area contributed by atoms with E-state index >= 15 is 0 Å². The van der Waals surface area contributed by atoms with Crippen molar-refractivity contribution in [3.63, 3.8) is 0 Å². The third-order valence-electron chi connectivity index (χ3n) is 5.38. The zero-order valence-corrected chi connectivity index (χ0v) is 19.5. The van der Waals surface area contributed by atoms with Crippen molar-refractivity contribution < 1.29 is 23.7 Å². The van der Waals surface area contributed by atoms with Crippen LogP contribution in [0.3, 0.4) is 0 Å². The van der Waals surface area contributed by atoms with Gasteiger partial charge in [0, 0.05) is 23.3 Å². The molecule has 0 aliphatic carbocycles. The van der Waals surface area contributed by atoms with E-state index in [9.17, 15) is 4.79 Å². The first-order valence-corrected chi connectivity index (χ1v) is 11.7. The first-order valence-electron chi connectivity index (χ1n) is 10.7. The Morgan fingerprint density at radius 3 is 2.94 bits per heavy atom. The minimum atomic E-state index is -0.854. The molecule has 2 aliphatic heterocycles. The number of ether oxygens (including phenoxy) is 4. The second-order valence-electron chi connectivity index (χ2n) is 7.41. The summed E-state index contributed by atoms with van der Waals surface area (Å²) in [6.07, 6.45) is 1.18. The summed E-state index contributed by atoms with van der Waals surface area (Å²) in [7, 11) is 1.55. The van der Waals surface area contributed by atoms with Gasteiger partial charge in [0.2, 0.25) is 35.7 Å². The van der Waals surface area contributed by atoms with Crippen LogP contribution in [0.15, 0.2) is 54.2 Å². The van der Waals surface area contributed by atoms with Crippen LogP contribution in [0, 0.1) is 0 Å². The third-order valence-corrected chi connectivity index (χ3v) is 6.21. The molecule has 3 aromatic rings. The molecule has 5 rings (SSSR count). The lowest BCUT2D eigenvalue weighted by atomic mass is 10.1. The lowest BCUT2D eigenvalue weighted by Gasteiger charge is -2.31. The highest BCUT2D eigenvalue weighted by molar-refractivity contribution is 7.99. The van der Waals surface area contributed by atoms with E-state index in [0.29, 0.717) is 50.7 Å². The van der Waals surface area contributed by atoms with E-state index in [-0.39, 0.29) is 25.0 Å². The first kappa shape index (κ1) is 22.0. The van der Waals surface area contributed by atoms with E-state index in [1.54, 1.807) is 30.2 Å². The monoisotopic (exact) mass is 478 g/mol. The van der Waals surface area contributed by atoms with E-state index < -0.39 is 6.23 Å². The molecule has 9 nitrogen and oxygen atoms in total. The topological polar surface area (TPSA) is 95.9 Å². The van der Waals surface area contributed by atoms with Crippen LogP contribution in [0.4, 0.5) is 5.69 Å². The molecular weight excluding hydrogens is 456 g/mol. The van der Waals surface area contributed by atoms with Gasteiger partial charge in [-0.1, -0.05) is 43.0 Å². The number of fused-ring (bicyclic) bond motifs is 4. The lowest BCUT2D eigenvalue weighted by Crippen LogP contribution is -2.37. The van der Waals surface area contributed by atoms with Gasteiger partial charge in [-0.2, -0.15) is 4.98 Å². The van der Waals surface area contributed by atoms with Crippen molar-refractivity contribution in [1.29, 1.82) is 0 Å². The van der Waals surface area contributed by atoms with Gasteiger partial charge in [-0.25, -0.2) is 0 Å². The minimum absolute atomic E-state index is 0.0883. The van der Waals surface area contributed by atoms with E-state index in [1.807, 2.05) is 31.2 Å². The molecule has 1 atom stereocenters. The molecule has 0 radical (unpaired) electrons. The van der Waals surface area contributed by atoms with Crippen LogP contribution >= 0.6 is 11.8 Å². The van der Waals surface area contributed by atoms with Crippen LogP contribution in [-0.2, 0) is 4.79 Å². The largest absolute Gasteiger partial charge is 0.493 e. The van der Waals surface area contributed by atoms with Gasteiger partial charge in [0.25, 0.3) is 0 Å². The molecule has 0 spiro atoms. The van der Waals surface area contributed by atoms with Crippen molar-refractivity contribution in [2.45, 2.75) is 24.7 Å². The molecule has 2 aromatic carbocycles. The SMILES string of the molecule is C=CCSc1nnc2c(n1)O[C@H](c1cc(OC)c3c(c1)OCO3)N(C(=O)CC)c1ccccc1-2. The van der Waals surface area contributed by atoms with Crippen molar-refractivity contribution in [2.24, 2.45) is 0 Å². The standard InChI is InChI=1S/C24H22N4O5S/c1-4-10-34-24-25-22-20(26-27-24)15-8-6-7-9-16(15)28(19(29)5-2)23(33-22)14-11-17(30-3)21-18(12-14)31-13-32-21/h4,6-9,11-12,23H,1,5,10,13H2,2-3H3/t23-/m1/s1. The molecular formula is C24H22N4O5S. The zero-order chi connectivity index (χ0) is 23.7. The molecule has 0 bridgehead atoms. The Morgan fingerprint density at radius 1 is 1.29 bits per heavy atom. The van der Waals surface area contributed by atoms with Crippen LogP contribution < -0.4 is 23.8 Å². The van der Waals surface area contributed by atoms with Gasteiger partial charge in [0.05, 0.1) is 12.8 Å². The number of para-hydroxylation sites is 1. The van der Waals surface area contributed by atoms with Gasteiger partial charge >= 0.3 is 0 Å². The minimum Gasteiger partial charge on any atom is -0.493 e. The second kappa shape index (κ2) is 9.22. The Morgan fingerprint density at radius 2 is 2.15 bits per heavy atom. The Kier molecular flexibility index (Phi) is 5.97. The highest BCUT2D eigenvalue weighted by Gasteiger charge is 2.37. The van der Waals surface area contributed by atoms with Crippen LogP contribution in [0.5, 0.6) is 23.1 Å². The highest BCUT2D eigenvalue weighted by atomic mass is 32.2. The van der Waals surface area contributed by atoms with E-state index in [1.165, 1.54) is 11.8 Å². The second-order valence-corrected chi connectivity index (χ2v) is 8.40. The molecule has 34 heavy (non-hydrogen) atoms. The fourth-order valence-electron chi connectivity index (χ4n) is 3.86. The number of hydrogen-bond acceptors (Lipinski definition) is 9. The number of methoxy groups -OCH3 is 1. The molecule has 0 saturated carbocycles. The van der Waals surface area contributed by atoms with Crippen molar-refractivity contribution in [3.05, 3.63) is 54.6 Å². The molecule has 0 unspecified atom stereocenters. The summed E-state index contributed by atoms with van der Waals surface area (Å²) in [4.78, 5) is 19.5. The maximum absolute atomic E-state index is 13.3. The smallest absolute Gasteiger partial charge is 0.247 e. The molecule has 1 amide bonds. The summed E-state index contributed by atoms with van der Waals surface area (Å²) in [6.45, 7) is 5.63. The molecule has 3 heterocycles. The maximum Gasteiger partial charge on any atom is 0.247 e. The number of nitrogens with zero attached hydrogens (tertiary/aromatic N) is 4. The van der Waals surface area contributed by atoms with E-state index in [4.69, 9.17) is 18.9 Å². The van der Waals surface area contributed by atoms with Gasteiger partial charge < -0.3 is 18.9 Å². The molecule has 10 heteroatoms. The first-order chi connectivity index (χ1) is 16.6. The van der Waals surface area contributed by atoms with Crippen molar-refractivity contribution in [3.8, 4) is 34.4 Å². The number of rotatable bonds is 6. The normalized spacial score (nSPS) is 15.6. The molecule has 1 aromatic heterocycles. The fourth-order valence-corrected chi connectivity index (χ4v) is 4.37. The third kappa shape index (κ3) is 3.79. The van der Waals surface area contributed by atoms with Gasteiger partial charge in [-0.15, -0.1) is 16.8 Å². The predicted octanol–water partition coefficient (Wildman–Crippen LogP) is 4.39. The van der Waals surface area contributed by atoms with Crippen LogP contribution in [0.1, 0.15) is 25.1 Å². The Labute approximate surface area is 200 Å². The molecule has 0 saturated heterocycles. The summed E-state index contributed by atoms with van der Waals surface area (Å²) in [5.74, 6) is 2.29. The van der Waals surface area contributed by atoms with E-state index in [2.05, 4.69) is 21.8 Å². The summed E-state index contributed by atoms with van der Waals surface area (Å²) < 4.78 is 23.1. The predicted molar refractivity (Wildman–Crippen MR) is 126 cm³/mol. The van der Waals surface area contributed by atoms with E-state index in [0.717, 1.165) is 0 Å². The molecule has 0 N–H and O–H groups in total. The Balaban J connectivity index is 1.71. The summed E-state index contributed by atoms with van der Waals surface area (Å²) in [6, 6.07) is 11.1. The lowest BCUT2D eigenvalue weighted by molar-refractivity contribution is -0.120. The Hall–Kier alpha value is -3.79. The number of aromatic nitrogens is 3. The highest BCUT2D eigenvalue weighted by Crippen LogP contribution is 2.47. The summed E-state index contributed by atoms with van der Waals surface area (Å²) >= 11 is 1.39. The van der Waals surface area contributed by atoms with Crippen molar-refractivity contribution in [1.82, 2.24) is 15.2 Å². The number of thioether (sulfide) groups is 1. The van der Waals surface area contributed by atoms with Crippen LogP contribution in [-0.4, -0.2) is 40.7 Å². The van der Waals surface area contributed by atoms with Gasteiger partial charge in [0.15, 0.2) is 17.2 Å². The van der Waals surface area contributed by atoms with Crippen molar-refractivity contribution in [2.75, 3.05) is 24.6 Å². The number of anilines is 1. The summed E-state index contributed by atoms with van der Waals surface area (Å²) in [5.41, 5.74) is 2.46. The van der Waals surface area contributed by atoms with Crippen molar-refractivity contribution >= 4 is 23.4 Å². The number of carbonyl (C=O) groups is 1. The van der Waals surface area contributed by atoms with Gasteiger partial charge in [-0.05, 0) is 18.2 Å². The number of amides is 1. The average molecular weight is 479 g/mol. The zero-order valence-electron chi connectivity index (χ0n) is 18.7. The quantitative estimate of drug-likeness (QED) is 0.377.